The van der Waals surface area contributed by atoms with Gasteiger partial charge < -0.3 is 15.7 Å². The number of amides is 3. The summed E-state index contributed by atoms with van der Waals surface area (Å²) in [4.78, 5) is 36.7. The maximum absolute atomic E-state index is 12.4. The molecule has 3 N–H and O–H groups in total. The molecular weight excluding hydrogens is 310 g/mol. The van der Waals surface area contributed by atoms with Crippen LogP contribution in [0.15, 0.2) is 24.3 Å². The lowest BCUT2D eigenvalue weighted by Gasteiger charge is -2.25. The number of carbonyl (C=O) groups excluding carboxylic acids is 2. The minimum Gasteiger partial charge on any atom is -0.481 e. The Bertz CT molecular complexity index is 653. The third-order valence-electron chi connectivity index (χ3n) is 4.73. The Morgan fingerprint density at radius 1 is 1.17 bits per heavy atom. The van der Waals surface area contributed by atoms with Crippen LogP contribution in [0.25, 0.3) is 0 Å². The van der Waals surface area contributed by atoms with E-state index < -0.39 is 5.97 Å². The first-order chi connectivity index (χ1) is 11.5. The lowest BCUT2D eigenvalue weighted by atomic mass is 9.81. The third kappa shape index (κ3) is 3.50. The van der Waals surface area contributed by atoms with Crippen LogP contribution in [-0.4, -0.2) is 36.1 Å². The average Bonchev–Trinajstić information content (AvgIpc) is 3.01. The molecule has 7 nitrogen and oxygen atoms in total. The number of urea groups is 1. The fraction of sp³-hybridized carbons (Fsp3) is 0.471. The number of carboxylic acid groups (broad SMARTS) is 1. The van der Waals surface area contributed by atoms with E-state index in [-0.39, 0.29) is 23.8 Å². The maximum atomic E-state index is 12.4. The van der Waals surface area contributed by atoms with Gasteiger partial charge in [0.15, 0.2) is 0 Å². The molecule has 0 spiro atoms. The number of carboxylic acids is 1. The first-order valence-electron chi connectivity index (χ1n) is 8.23. The lowest BCUT2D eigenvalue weighted by Crippen LogP contribution is -2.30. The summed E-state index contributed by atoms with van der Waals surface area (Å²) >= 11 is 0. The van der Waals surface area contributed by atoms with Gasteiger partial charge in [0.1, 0.15) is 0 Å². The Morgan fingerprint density at radius 2 is 1.88 bits per heavy atom. The van der Waals surface area contributed by atoms with Crippen LogP contribution in [0.1, 0.15) is 25.7 Å². The second-order valence-electron chi connectivity index (χ2n) is 6.31. The highest BCUT2D eigenvalue weighted by Gasteiger charge is 2.30. The topological polar surface area (TPSA) is 98.7 Å². The molecule has 0 bridgehead atoms. The van der Waals surface area contributed by atoms with Gasteiger partial charge in [-0.2, -0.15) is 0 Å². The predicted molar refractivity (Wildman–Crippen MR) is 88.9 cm³/mol. The second kappa shape index (κ2) is 6.90. The third-order valence-corrected chi connectivity index (χ3v) is 4.73. The van der Waals surface area contributed by atoms with Crippen molar-refractivity contribution in [3.05, 3.63) is 24.3 Å². The zero-order valence-electron chi connectivity index (χ0n) is 13.3. The van der Waals surface area contributed by atoms with E-state index in [0.717, 1.165) is 5.69 Å². The highest BCUT2D eigenvalue weighted by molar-refractivity contribution is 5.96. The van der Waals surface area contributed by atoms with Crippen molar-refractivity contribution >= 4 is 29.3 Å². The van der Waals surface area contributed by atoms with E-state index in [1.165, 1.54) is 0 Å². The zero-order chi connectivity index (χ0) is 17.1. The maximum Gasteiger partial charge on any atom is 0.321 e. The van der Waals surface area contributed by atoms with Crippen LogP contribution in [0.3, 0.4) is 0 Å². The van der Waals surface area contributed by atoms with Crippen LogP contribution >= 0.6 is 0 Å². The molecule has 2 aliphatic rings. The first kappa shape index (κ1) is 16.3. The molecule has 24 heavy (non-hydrogen) atoms. The first-order valence-corrected chi connectivity index (χ1v) is 8.23. The predicted octanol–water partition coefficient (Wildman–Crippen LogP) is 2.05. The van der Waals surface area contributed by atoms with Gasteiger partial charge in [-0.1, -0.05) is 6.07 Å². The van der Waals surface area contributed by atoms with Gasteiger partial charge >= 0.3 is 12.0 Å². The molecular formula is C17H21N3O4. The molecule has 1 saturated heterocycles. The molecule has 128 valence electrons. The van der Waals surface area contributed by atoms with E-state index in [9.17, 15) is 14.4 Å². The average molecular weight is 331 g/mol. The quantitative estimate of drug-likeness (QED) is 0.786. The molecule has 3 rings (SSSR count). The van der Waals surface area contributed by atoms with Crippen LogP contribution in [0.5, 0.6) is 0 Å². The Kier molecular flexibility index (Phi) is 4.69. The summed E-state index contributed by atoms with van der Waals surface area (Å²) in [6.07, 6.45) is 2.27. The molecule has 0 atom stereocenters. The van der Waals surface area contributed by atoms with E-state index in [4.69, 9.17) is 5.11 Å². The Labute approximate surface area is 140 Å². The van der Waals surface area contributed by atoms with E-state index in [0.29, 0.717) is 44.5 Å². The minimum atomic E-state index is -0.773. The molecule has 1 heterocycles. The molecule has 2 fully saturated rings. The number of hydrogen-bond donors (Lipinski definition) is 3. The highest BCUT2D eigenvalue weighted by Crippen LogP contribution is 2.30. The van der Waals surface area contributed by atoms with Gasteiger partial charge in [-0.3, -0.25) is 14.5 Å². The van der Waals surface area contributed by atoms with Crippen molar-refractivity contribution in [2.24, 2.45) is 11.8 Å². The van der Waals surface area contributed by atoms with Gasteiger partial charge in [0.2, 0.25) is 5.91 Å². The number of aliphatic carboxylic acids is 1. The number of hydrogen-bond acceptors (Lipinski definition) is 3. The van der Waals surface area contributed by atoms with Crippen LogP contribution in [0, 0.1) is 11.8 Å². The normalized spacial score (nSPS) is 23.7. The fourth-order valence-electron chi connectivity index (χ4n) is 3.32. The van der Waals surface area contributed by atoms with E-state index in [1.807, 2.05) is 6.07 Å². The molecule has 1 saturated carbocycles. The summed E-state index contributed by atoms with van der Waals surface area (Å²) in [7, 11) is 0. The molecule has 1 aromatic rings. The molecule has 1 aromatic carbocycles. The van der Waals surface area contributed by atoms with Gasteiger partial charge in [0, 0.05) is 30.4 Å². The zero-order valence-corrected chi connectivity index (χ0v) is 13.3. The SMILES string of the molecule is O=C(O)C1CCC(C(=O)Nc2cccc(N3CCNC3=O)c2)CC1. The van der Waals surface area contributed by atoms with Crippen molar-refractivity contribution in [3.8, 4) is 0 Å². The van der Waals surface area contributed by atoms with Gasteiger partial charge in [0.25, 0.3) is 0 Å². The van der Waals surface area contributed by atoms with Crippen molar-refractivity contribution in [2.45, 2.75) is 25.7 Å². The summed E-state index contributed by atoms with van der Waals surface area (Å²) in [5.41, 5.74) is 1.40. The van der Waals surface area contributed by atoms with Gasteiger partial charge in [-0.25, -0.2) is 4.79 Å². The number of benzene rings is 1. The molecule has 1 aliphatic heterocycles. The number of nitrogens with zero attached hydrogens (tertiary/aromatic N) is 1. The standard InChI is InChI=1S/C17H21N3O4/c21-15(11-4-6-12(7-5-11)16(22)23)19-13-2-1-3-14(10-13)20-9-8-18-17(20)24/h1-3,10-12H,4-9H2,(H,18,24)(H,19,21)(H,22,23). The summed E-state index contributed by atoms with van der Waals surface area (Å²) < 4.78 is 0. The molecule has 3 amide bonds. The van der Waals surface area contributed by atoms with E-state index >= 15 is 0 Å². The monoisotopic (exact) mass is 331 g/mol. The van der Waals surface area contributed by atoms with Crippen molar-refractivity contribution in [2.75, 3.05) is 23.3 Å². The largest absolute Gasteiger partial charge is 0.481 e. The Morgan fingerprint density at radius 3 is 2.50 bits per heavy atom. The van der Waals surface area contributed by atoms with Gasteiger partial charge in [0.05, 0.1) is 5.92 Å². The van der Waals surface area contributed by atoms with E-state index in [2.05, 4.69) is 10.6 Å². The van der Waals surface area contributed by atoms with Gasteiger partial charge in [-0.05, 0) is 43.9 Å². The molecule has 1 aliphatic carbocycles. The smallest absolute Gasteiger partial charge is 0.321 e. The number of nitrogens with one attached hydrogen (secondary N) is 2. The van der Waals surface area contributed by atoms with Crippen LogP contribution in [-0.2, 0) is 9.59 Å². The molecule has 7 heteroatoms. The molecule has 0 aromatic heterocycles. The lowest BCUT2D eigenvalue weighted by molar-refractivity contribution is -0.143. The van der Waals surface area contributed by atoms with Crippen LogP contribution in [0.2, 0.25) is 0 Å². The second-order valence-corrected chi connectivity index (χ2v) is 6.31. The molecule has 0 radical (unpaired) electrons. The van der Waals surface area contributed by atoms with Crippen molar-refractivity contribution in [1.29, 1.82) is 0 Å². The molecule has 0 unspecified atom stereocenters. The van der Waals surface area contributed by atoms with Crippen molar-refractivity contribution in [3.63, 3.8) is 0 Å². The summed E-state index contributed by atoms with van der Waals surface area (Å²) in [6.45, 7) is 1.22. The highest BCUT2D eigenvalue weighted by atomic mass is 16.4. The number of carbonyl (C=O) groups is 3. The fourth-order valence-corrected chi connectivity index (χ4v) is 3.32. The van der Waals surface area contributed by atoms with Crippen molar-refractivity contribution < 1.29 is 19.5 Å². The van der Waals surface area contributed by atoms with E-state index in [1.54, 1.807) is 23.1 Å². The number of anilines is 2. The summed E-state index contributed by atoms with van der Waals surface area (Å²) in [5.74, 6) is -1.34. The Balaban J connectivity index is 1.61. The summed E-state index contributed by atoms with van der Waals surface area (Å²) in [5, 5.41) is 14.7. The summed E-state index contributed by atoms with van der Waals surface area (Å²) in [6, 6.07) is 7.07. The minimum absolute atomic E-state index is 0.0816. The van der Waals surface area contributed by atoms with Gasteiger partial charge in [-0.15, -0.1) is 0 Å². The van der Waals surface area contributed by atoms with Crippen LogP contribution < -0.4 is 15.5 Å². The number of rotatable bonds is 4. The Hall–Kier alpha value is -2.57. The van der Waals surface area contributed by atoms with Crippen LogP contribution in [0.4, 0.5) is 16.2 Å². The van der Waals surface area contributed by atoms with Crippen molar-refractivity contribution in [1.82, 2.24) is 5.32 Å².